The van der Waals surface area contributed by atoms with E-state index in [-0.39, 0.29) is 17.2 Å². The molecular weight excluding hydrogens is 302 g/mol. The van der Waals surface area contributed by atoms with Gasteiger partial charge in [0.2, 0.25) is 5.91 Å². The molecule has 2 amide bonds. The van der Waals surface area contributed by atoms with Crippen molar-refractivity contribution in [2.75, 3.05) is 13.1 Å². The minimum atomic E-state index is -0.544. The van der Waals surface area contributed by atoms with Crippen LogP contribution in [0.3, 0.4) is 0 Å². The summed E-state index contributed by atoms with van der Waals surface area (Å²) in [4.78, 5) is 26.4. The molecule has 1 atom stereocenters. The number of nitrogens with one attached hydrogen (secondary N) is 1. The minimum Gasteiger partial charge on any atom is -0.351 e. The molecule has 3 N–H and O–H groups in total. The summed E-state index contributed by atoms with van der Waals surface area (Å²) in [6.07, 6.45) is 3.38. The fraction of sp³-hybridized carbons (Fsp3) is 0.579. The van der Waals surface area contributed by atoms with Crippen LogP contribution in [0.25, 0.3) is 0 Å². The van der Waals surface area contributed by atoms with Gasteiger partial charge in [-0.2, -0.15) is 0 Å². The molecule has 0 unspecified atom stereocenters. The van der Waals surface area contributed by atoms with Crippen molar-refractivity contribution in [2.45, 2.75) is 52.6 Å². The molecule has 1 aromatic carbocycles. The monoisotopic (exact) mass is 331 g/mol. The third kappa shape index (κ3) is 4.81. The molecule has 5 nitrogen and oxygen atoms in total. The van der Waals surface area contributed by atoms with Gasteiger partial charge in [-0.15, -0.1) is 0 Å². The lowest BCUT2D eigenvalue weighted by atomic mass is 9.87. The highest BCUT2D eigenvalue weighted by molar-refractivity contribution is 5.94. The van der Waals surface area contributed by atoms with E-state index >= 15 is 0 Å². The summed E-state index contributed by atoms with van der Waals surface area (Å²) in [6, 6.07) is 6.90. The van der Waals surface area contributed by atoms with E-state index in [4.69, 9.17) is 5.73 Å². The summed E-state index contributed by atoms with van der Waals surface area (Å²) < 4.78 is 0. The number of carbonyl (C=O) groups is 2. The number of nitrogens with two attached hydrogens (primary N) is 1. The molecule has 1 aliphatic rings. The first-order valence-electron chi connectivity index (χ1n) is 8.70. The molecule has 0 saturated carbocycles. The number of amides is 2. The Hall–Kier alpha value is -1.88. The molecule has 0 aliphatic carbocycles. The van der Waals surface area contributed by atoms with Crippen LogP contribution in [0, 0.1) is 5.41 Å². The summed E-state index contributed by atoms with van der Waals surface area (Å²) in [5.41, 5.74) is 7.34. The molecule has 0 aromatic heterocycles. The fourth-order valence-corrected chi connectivity index (χ4v) is 2.74. The predicted molar refractivity (Wildman–Crippen MR) is 95.5 cm³/mol. The predicted octanol–water partition coefficient (Wildman–Crippen LogP) is 2.30. The Morgan fingerprint density at radius 3 is 2.25 bits per heavy atom. The van der Waals surface area contributed by atoms with Gasteiger partial charge in [0.15, 0.2) is 0 Å². The largest absolute Gasteiger partial charge is 0.351 e. The van der Waals surface area contributed by atoms with Crippen LogP contribution in [-0.2, 0) is 11.3 Å². The minimum absolute atomic E-state index is 0.0973. The second kappa shape index (κ2) is 7.79. The van der Waals surface area contributed by atoms with Crippen molar-refractivity contribution in [3.8, 4) is 0 Å². The van der Waals surface area contributed by atoms with Crippen LogP contribution in [0.2, 0.25) is 0 Å². The number of hydrogen-bond donors (Lipinski definition) is 2. The molecule has 5 heteroatoms. The summed E-state index contributed by atoms with van der Waals surface area (Å²) in [7, 11) is 0. The second-order valence-electron chi connectivity index (χ2n) is 7.61. The van der Waals surface area contributed by atoms with E-state index in [1.807, 2.05) is 49.9 Å². The van der Waals surface area contributed by atoms with Crippen molar-refractivity contribution in [3.05, 3.63) is 35.4 Å². The Balaban J connectivity index is 1.90. The van der Waals surface area contributed by atoms with Gasteiger partial charge in [-0.1, -0.05) is 32.9 Å². The van der Waals surface area contributed by atoms with Gasteiger partial charge in [-0.25, -0.2) is 0 Å². The van der Waals surface area contributed by atoms with Gasteiger partial charge in [0, 0.05) is 25.2 Å². The Bertz CT molecular complexity index is 569. The zero-order valence-corrected chi connectivity index (χ0v) is 15.0. The normalized spacial score (nSPS) is 16.6. The van der Waals surface area contributed by atoms with E-state index in [1.54, 1.807) is 0 Å². The number of benzene rings is 1. The standard InChI is InChI=1S/C19H29N3O2/c1-19(2,3)16(20)17(23)21-13-14-7-9-15(10-8-14)18(24)22-11-5-4-6-12-22/h7-10,16H,4-6,11-13,20H2,1-3H3,(H,21,23)/t16-/m1/s1. The highest BCUT2D eigenvalue weighted by Crippen LogP contribution is 2.17. The van der Waals surface area contributed by atoms with Gasteiger partial charge in [-0.05, 0) is 42.4 Å². The third-order valence-electron chi connectivity index (χ3n) is 4.53. The number of rotatable bonds is 4. The molecule has 1 saturated heterocycles. The number of piperidine rings is 1. The van der Waals surface area contributed by atoms with Gasteiger partial charge in [-0.3, -0.25) is 9.59 Å². The van der Waals surface area contributed by atoms with Gasteiger partial charge in [0.25, 0.3) is 5.91 Å². The highest BCUT2D eigenvalue weighted by atomic mass is 16.2. The zero-order valence-electron chi connectivity index (χ0n) is 15.0. The topological polar surface area (TPSA) is 75.4 Å². The molecule has 0 radical (unpaired) electrons. The molecule has 24 heavy (non-hydrogen) atoms. The van der Waals surface area contributed by atoms with Crippen LogP contribution in [0.15, 0.2) is 24.3 Å². The molecule has 0 spiro atoms. The smallest absolute Gasteiger partial charge is 0.253 e. The lowest BCUT2D eigenvalue weighted by Gasteiger charge is -2.27. The van der Waals surface area contributed by atoms with Crippen LogP contribution in [-0.4, -0.2) is 35.8 Å². The van der Waals surface area contributed by atoms with Crippen molar-refractivity contribution in [1.29, 1.82) is 0 Å². The Morgan fingerprint density at radius 2 is 1.71 bits per heavy atom. The second-order valence-corrected chi connectivity index (χ2v) is 7.61. The molecule has 132 valence electrons. The molecule has 1 heterocycles. The van der Waals surface area contributed by atoms with E-state index in [0.29, 0.717) is 12.1 Å². The molecule has 0 bridgehead atoms. The van der Waals surface area contributed by atoms with Crippen LogP contribution in [0.1, 0.15) is 56.0 Å². The maximum Gasteiger partial charge on any atom is 0.253 e. The Kier molecular flexibility index (Phi) is 5.99. The zero-order chi connectivity index (χ0) is 17.7. The van der Waals surface area contributed by atoms with Crippen molar-refractivity contribution in [3.63, 3.8) is 0 Å². The van der Waals surface area contributed by atoms with Crippen molar-refractivity contribution in [2.24, 2.45) is 11.1 Å². The summed E-state index contributed by atoms with van der Waals surface area (Å²) in [5, 5.41) is 2.86. The van der Waals surface area contributed by atoms with Gasteiger partial charge in [0.05, 0.1) is 6.04 Å². The van der Waals surface area contributed by atoms with Crippen molar-refractivity contribution in [1.82, 2.24) is 10.2 Å². The molecule has 1 aliphatic heterocycles. The maximum atomic E-state index is 12.4. The molecule has 1 fully saturated rings. The van der Waals surface area contributed by atoms with Crippen molar-refractivity contribution >= 4 is 11.8 Å². The molecule has 2 rings (SSSR count). The highest BCUT2D eigenvalue weighted by Gasteiger charge is 2.27. The van der Waals surface area contributed by atoms with E-state index in [1.165, 1.54) is 6.42 Å². The van der Waals surface area contributed by atoms with E-state index in [2.05, 4.69) is 5.32 Å². The van der Waals surface area contributed by atoms with E-state index in [0.717, 1.165) is 31.5 Å². The van der Waals surface area contributed by atoms with Crippen LogP contribution < -0.4 is 11.1 Å². The Labute approximate surface area is 144 Å². The van der Waals surface area contributed by atoms with E-state index in [9.17, 15) is 9.59 Å². The maximum absolute atomic E-state index is 12.4. The summed E-state index contributed by atoms with van der Waals surface area (Å²) >= 11 is 0. The number of carbonyl (C=O) groups excluding carboxylic acids is 2. The average molecular weight is 331 g/mol. The number of nitrogens with zero attached hydrogens (tertiary/aromatic N) is 1. The summed E-state index contributed by atoms with van der Waals surface area (Å²) in [6.45, 7) is 7.94. The first-order chi connectivity index (χ1) is 11.3. The lowest BCUT2D eigenvalue weighted by Crippen LogP contribution is -2.48. The third-order valence-corrected chi connectivity index (χ3v) is 4.53. The van der Waals surface area contributed by atoms with E-state index < -0.39 is 6.04 Å². The number of hydrogen-bond acceptors (Lipinski definition) is 3. The molecule has 1 aromatic rings. The SMILES string of the molecule is CC(C)(C)[C@H](N)C(=O)NCc1ccc(C(=O)N2CCCCC2)cc1. The van der Waals surface area contributed by atoms with Crippen LogP contribution in [0.5, 0.6) is 0 Å². The lowest BCUT2D eigenvalue weighted by molar-refractivity contribution is -0.124. The summed E-state index contributed by atoms with van der Waals surface area (Å²) in [5.74, 6) is -0.0592. The fourth-order valence-electron chi connectivity index (χ4n) is 2.74. The molecular formula is C19H29N3O2. The van der Waals surface area contributed by atoms with Crippen LogP contribution in [0.4, 0.5) is 0 Å². The van der Waals surface area contributed by atoms with Gasteiger partial charge < -0.3 is 16.0 Å². The van der Waals surface area contributed by atoms with Gasteiger partial charge >= 0.3 is 0 Å². The van der Waals surface area contributed by atoms with Gasteiger partial charge in [0.1, 0.15) is 0 Å². The van der Waals surface area contributed by atoms with Crippen molar-refractivity contribution < 1.29 is 9.59 Å². The average Bonchev–Trinajstić information content (AvgIpc) is 2.58. The Morgan fingerprint density at radius 1 is 1.12 bits per heavy atom. The van der Waals surface area contributed by atoms with Crippen LogP contribution >= 0.6 is 0 Å². The first-order valence-corrected chi connectivity index (χ1v) is 8.70. The number of likely N-dealkylation sites (tertiary alicyclic amines) is 1. The quantitative estimate of drug-likeness (QED) is 0.889. The first kappa shape index (κ1) is 18.5.